The van der Waals surface area contributed by atoms with Crippen LogP contribution < -0.4 is 25.0 Å². The molecule has 0 radical (unpaired) electrons. The molecule has 0 fully saturated rings. The van der Waals surface area contributed by atoms with Crippen LogP contribution in [0, 0.1) is 0 Å². The minimum absolute atomic E-state index is 0.292. The Labute approximate surface area is 172 Å². The smallest absolute Gasteiger partial charge is 0.262 e. The molecule has 0 aliphatic heterocycles. The van der Waals surface area contributed by atoms with E-state index in [1.54, 1.807) is 26.2 Å². The molecule has 2 aromatic carbocycles. The van der Waals surface area contributed by atoms with E-state index < -0.39 is 6.04 Å². The first-order valence-electron chi connectivity index (χ1n) is 8.81. The Morgan fingerprint density at radius 1 is 1.10 bits per heavy atom. The number of hydrazone groups is 1. The fourth-order valence-corrected chi connectivity index (χ4v) is 3.63. The van der Waals surface area contributed by atoms with Gasteiger partial charge in [-0.1, -0.05) is 23.5 Å². The maximum absolute atomic E-state index is 12.3. The standard InChI is InChI=1S/C20H22N4O4S/c1-12(22-20-23-14-7-5-6-8-16(14)29-20)19(25)24-21-11-13-9-10-15(26-2)18(28-4)17(13)27-3/h5-12H,1-4H3,(H,22,23)(H,24,25)/b21-11-/t12-/m1/s1. The number of rotatable bonds is 8. The predicted octanol–water partition coefficient (Wildman–Crippen LogP) is 3.27. The summed E-state index contributed by atoms with van der Waals surface area (Å²) in [7, 11) is 4.60. The summed E-state index contributed by atoms with van der Waals surface area (Å²) in [5.74, 6) is 1.17. The molecule has 1 heterocycles. The molecule has 152 valence electrons. The summed E-state index contributed by atoms with van der Waals surface area (Å²) in [5.41, 5.74) is 4.05. The van der Waals surface area contributed by atoms with Gasteiger partial charge in [0, 0.05) is 5.56 Å². The number of ether oxygens (including phenoxy) is 3. The van der Waals surface area contributed by atoms with E-state index in [9.17, 15) is 4.79 Å². The summed E-state index contributed by atoms with van der Waals surface area (Å²) in [4.78, 5) is 16.8. The lowest BCUT2D eigenvalue weighted by Crippen LogP contribution is -2.34. The average molecular weight is 414 g/mol. The SMILES string of the molecule is COc1ccc(/C=N\NC(=O)[C@@H](C)Nc2nc3ccccc3s2)c(OC)c1OC. The van der Waals surface area contributed by atoms with Crippen LogP contribution in [0.25, 0.3) is 10.2 Å². The average Bonchev–Trinajstić information content (AvgIpc) is 3.15. The zero-order chi connectivity index (χ0) is 20.8. The van der Waals surface area contributed by atoms with Crippen LogP contribution in [-0.4, -0.2) is 44.5 Å². The van der Waals surface area contributed by atoms with Crippen LogP contribution in [0.5, 0.6) is 17.2 Å². The predicted molar refractivity (Wildman–Crippen MR) is 115 cm³/mol. The van der Waals surface area contributed by atoms with Crippen LogP contribution in [0.3, 0.4) is 0 Å². The van der Waals surface area contributed by atoms with Gasteiger partial charge in [0.15, 0.2) is 16.6 Å². The Balaban J connectivity index is 1.65. The molecule has 2 N–H and O–H groups in total. The third-order valence-corrected chi connectivity index (χ3v) is 5.11. The second kappa shape index (κ2) is 9.24. The molecule has 0 bridgehead atoms. The number of hydrogen-bond donors (Lipinski definition) is 2. The molecule has 0 saturated carbocycles. The quantitative estimate of drug-likeness (QED) is 0.434. The van der Waals surface area contributed by atoms with E-state index in [1.807, 2.05) is 24.3 Å². The third kappa shape index (κ3) is 4.57. The molecule has 9 heteroatoms. The molecular weight excluding hydrogens is 392 g/mol. The molecule has 0 unspecified atom stereocenters. The van der Waals surface area contributed by atoms with Crippen LogP contribution in [0.1, 0.15) is 12.5 Å². The number of hydrogen-bond acceptors (Lipinski definition) is 8. The molecule has 0 aliphatic rings. The first kappa shape index (κ1) is 20.4. The highest BCUT2D eigenvalue weighted by atomic mass is 32.1. The van der Waals surface area contributed by atoms with Crippen LogP contribution in [0.2, 0.25) is 0 Å². The number of fused-ring (bicyclic) bond motifs is 1. The molecule has 3 aromatic rings. The van der Waals surface area contributed by atoms with Crippen molar-refractivity contribution in [1.82, 2.24) is 10.4 Å². The van der Waals surface area contributed by atoms with E-state index in [-0.39, 0.29) is 5.91 Å². The number of carbonyl (C=O) groups is 1. The fourth-order valence-electron chi connectivity index (χ4n) is 2.67. The van der Waals surface area contributed by atoms with Crippen molar-refractivity contribution in [2.45, 2.75) is 13.0 Å². The number of benzene rings is 2. The Morgan fingerprint density at radius 2 is 1.86 bits per heavy atom. The summed E-state index contributed by atoms with van der Waals surface area (Å²) in [5, 5.41) is 7.80. The minimum atomic E-state index is -0.514. The van der Waals surface area contributed by atoms with Gasteiger partial charge >= 0.3 is 0 Å². The van der Waals surface area contributed by atoms with Crippen molar-refractivity contribution in [3.8, 4) is 17.2 Å². The van der Waals surface area contributed by atoms with Gasteiger partial charge in [-0.15, -0.1) is 0 Å². The number of carbonyl (C=O) groups excluding carboxylic acids is 1. The molecule has 1 aromatic heterocycles. The van der Waals surface area contributed by atoms with Crippen LogP contribution in [0.15, 0.2) is 41.5 Å². The van der Waals surface area contributed by atoms with Gasteiger partial charge in [-0.05, 0) is 31.2 Å². The second-order valence-electron chi connectivity index (χ2n) is 6.01. The molecule has 1 atom stereocenters. The number of nitrogens with one attached hydrogen (secondary N) is 2. The van der Waals surface area contributed by atoms with Gasteiger partial charge in [0.25, 0.3) is 5.91 Å². The first-order valence-corrected chi connectivity index (χ1v) is 9.63. The maximum Gasteiger partial charge on any atom is 0.262 e. The fraction of sp³-hybridized carbons (Fsp3) is 0.250. The van der Waals surface area contributed by atoms with Gasteiger partial charge in [0.1, 0.15) is 6.04 Å². The van der Waals surface area contributed by atoms with Crippen LogP contribution in [-0.2, 0) is 4.79 Å². The lowest BCUT2D eigenvalue weighted by molar-refractivity contribution is -0.121. The number of para-hydroxylation sites is 1. The van der Waals surface area contributed by atoms with E-state index in [0.29, 0.717) is 27.9 Å². The van der Waals surface area contributed by atoms with E-state index in [4.69, 9.17) is 14.2 Å². The van der Waals surface area contributed by atoms with Crippen LogP contribution in [0.4, 0.5) is 5.13 Å². The van der Waals surface area contributed by atoms with Gasteiger partial charge in [-0.3, -0.25) is 4.79 Å². The Kier molecular flexibility index (Phi) is 6.50. The van der Waals surface area contributed by atoms with Crippen molar-refractivity contribution in [3.05, 3.63) is 42.0 Å². The highest BCUT2D eigenvalue weighted by molar-refractivity contribution is 7.22. The number of thiazole rings is 1. The Bertz CT molecular complexity index is 1000. The van der Waals surface area contributed by atoms with Crippen LogP contribution >= 0.6 is 11.3 Å². The molecule has 0 spiro atoms. The minimum Gasteiger partial charge on any atom is -0.493 e. The van der Waals surface area contributed by atoms with Crippen molar-refractivity contribution in [2.75, 3.05) is 26.6 Å². The topological polar surface area (TPSA) is 94.1 Å². The molecule has 8 nitrogen and oxygen atoms in total. The van der Waals surface area contributed by atoms with Gasteiger partial charge < -0.3 is 19.5 Å². The van der Waals surface area contributed by atoms with Crippen molar-refractivity contribution in [1.29, 1.82) is 0 Å². The molecule has 1 amide bonds. The van der Waals surface area contributed by atoms with Crippen molar-refractivity contribution in [2.24, 2.45) is 5.10 Å². The maximum atomic E-state index is 12.3. The van der Waals surface area contributed by atoms with Gasteiger partial charge in [-0.2, -0.15) is 5.10 Å². The number of anilines is 1. The normalized spacial score (nSPS) is 12.0. The lowest BCUT2D eigenvalue weighted by atomic mass is 10.2. The van der Waals surface area contributed by atoms with E-state index >= 15 is 0 Å². The first-order chi connectivity index (χ1) is 14.1. The summed E-state index contributed by atoms with van der Waals surface area (Å²) in [6, 6.07) is 10.8. The molecule has 0 saturated heterocycles. The Morgan fingerprint density at radius 3 is 2.55 bits per heavy atom. The zero-order valence-corrected chi connectivity index (χ0v) is 17.4. The van der Waals surface area contributed by atoms with Gasteiger partial charge in [0.05, 0.1) is 37.8 Å². The third-order valence-electron chi connectivity index (χ3n) is 4.14. The highest BCUT2D eigenvalue weighted by Crippen LogP contribution is 2.38. The molecule has 0 aliphatic carbocycles. The van der Waals surface area contributed by atoms with E-state index in [1.165, 1.54) is 31.8 Å². The van der Waals surface area contributed by atoms with E-state index in [0.717, 1.165) is 10.2 Å². The zero-order valence-electron chi connectivity index (χ0n) is 16.6. The lowest BCUT2D eigenvalue weighted by Gasteiger charge is -2.14. The van der Waals surface area contributed by atoms with Crippen molar-refractivity contribution < 1.29 is 19.0 Å². The second-order valence-corrected chi connectivity index (χ2v) is 7.04. The number of methoxy groups -OCH3 is 3. The largest absolute Gasteiger partial charge is 0.493 e. The Hall–Kier alpha value is -3.33. The van der Waals surface area contributed by atoms with E-state index in [2.05, 4.69) is 20.8 Å². The van der Waals surface area contributed by atoms with Gasteiger partial charge in [0.2, 0.25) is 5.75 Å². The van der Waals surface area contributed by atoms with Crippen molar-refractivity contribution in [3.63, 3.8) is 0 Å². The summed E-state index contributed by atoms with van der Waals surface area (Å²) < 4.78 is 17.0. The number of nitrogens with zero attached hydrogens (tertiary/aromatic N) is 2. The van der Waals surface area contributed by atoms with Crippen molar-refractivity contribution >= 4 is 38.8 Å². The number of amides is 1. The summed E-state index contributed by atoms with van der Waals surface area (Å²) >= 11 is 1.49. The van der Waals surface area contributed by atoms with Gasteiger partial charge in [-0.25, -0.2) is 10.4 Å². The summed E-state index contributed by atoms with van der Waals surface area (Å²) in [6.07, 6.45) is 1.49. The monoisotopic (exact) mass is 414 g/mol. The summed E-state index contributed by atoms with van der Waals surface area (Å²) in [6.45, 7) is 1.74. The highest BCUT2D eigenvalue weighted by Gasteiger charge is 2.16. The molecule has 3 rings (SSSR count). The number of aromatic nitrogens is 1. The molecular formula is C20H22N4O4S. The molecule has 29 heavy (non-hydrogen) atoms.